The van der Waals surface area contributed by atoms with Crippen LogP contribution in [0, 0.1) is 0 Å². The van der Waals surface area contributed by atoms with E-state index >= 15 is 0 Å². The summed E-state index contributed by atoms with van der Waals surface area (Å²) in [5.41, 5.74) is 0. The van der Waals surface area contributed by atoms with Crippen LogP contribution in [0.1, 0.15) is 12.8 Å². The molecule has 0 bridgehead atoms. The van der Waals surface area contributed by atoms with Crippen LogP contribution in [-0.4, -0.2) is 26.0 Å². The summed E-state index contributed by atoms with van der Waals surface area (Å²) in [5, 5.41) is 3.30. The van der Waals surface area contributed by atoms with Gasteiger partial charge in [-0.05, 0) is 38.1 Å². The van der Waals surface area contributed by atoms with Crippen LogP contribution in [0.4, 0.5) is 0 Å². The molecule has 82 valence electrons. The zero-order chi connectivity index (χ0) is 10.3. The quantitative estimate of drug-likeness (QED) is 0.763. The SMILES string of the molecule is c1ccc(OCOC2CCNCC2)cc1. The third-order valence-corrected chi connectivity index (χ3v) is 2.56. The molecule has 3 heteroatoms. The number of rotatable bonds is 4. The fraction of sp³-hybridized carbons (Fsp3) is 0.500. The average Bonchev–Trinajstić information content (AvgIpc) is 2.32. The van der Waals surface area contributed by atoms with Crippen molar-refractivity contribution in [1.82, 2.24) is 5.32 Å². The number of hydrogen-bond acceptors (Lipinski definition) is 3. The van der Waals surface area contributed by atoms with Gasteiger partial charge in [0, 0.05) is 0 Å². The molecule has 0 amide bonds. The molecule has 0 aromatic heterocycles. The second-order valence-electron chi connectivity index (χ2n) is 3.69. The molecule has 0 aliphatic carbocycles. The second-order valence-corrected chi connectivity index (χ2v) is 3.69. The zero-order valence-electron chi connectivity index (χ0n) is 8.82. The largest absolute Gasteiger partial charge is 0.468 e. The van der Waals surface area contributed by atoms with Gasteiger partial charge in [-0.2, -0.15) is 0 Å². The van der Waals surface area contributed by atoms with Gasteiger partial charge in [0.2, 0.25) is 0 Å². The highest BCUT2D eigenvalue weighted by atomic mass is 16.7. The lowest BCUT2D eigenvalue weighted by atomic mass is 10.1. The minimum atomic E-state index is 0.356. The van der Waals surface area contributed by atoms with Crippen molar-refractivity contribution in [3.05, 3.63) is 30.3 Å². The van der Waals surface area contributed by atoms with Gasteiger partial charge in [0.25, 0.3) is 0 Å². The van der Waals surface area contributed by atoms with Crippen molar-refractivity contribution < 1.29 is 9.47 Å². The highest BCUT2D eigenvalue weighted by Gasteiger charge is 2.12. The van der Waals surface area contributed by atoms with Crippen molar-refractivity contribution >= 4 is 0 Å². The van der Waals surface area contributed by atoms with E-state index in [1.807, 2.05) is 30.3 Å². The number of piperidine rings is 1. The standard InChI is InChI=1S/C12H17NO2/c1-2-4-11(5-3-1)14-10-15-12-6-8-13-9-7-12/h1-5,12-13H,6-10H2. The number of benzene rings is 1. The molecule has 1 fully saturated rings. The molecule has 15 heavy (non-hydrogen) atoms. The Morgan fingerprint density at radius 2 is 1.87 bits per heavy atom. The monoisotopic (exact) mass is 207 g/mol. The predicted molar refractivity (Wildman–Crippen MR) is 58.9 cm³/mol. The van der Waals surface area contributed by atoms with E-state index in [4.69, 9.17) is 9.47 Å². The second kappa shape index (κ2) is 5.73. The zero-order valence-corrected chi connectivity index (χ0v) is 8.82. The molecule has 0 radical (unpaired) electrons. The van der Waals surface area contributed by atoms with Gasteiger partial charge in [-0.3, -0.25) is 0 Å². The molecule has 0 saturated carbocycles. The van der Waals surface area contributed by atoms with Gasteiger partial charge < -0.3 is 14.8 Å². The summed E-state index contributed by atoms with van der Waals surface area (Å²) >= 11 is 0. The summed E-state index contributed by atoms with van der Waals surface area (Å²) in [6.45, 7) is 2.46. The molecule has 0 spiro atoms. The number of ether oxygens (including phenoxy) is 2. The topological polar surface area (TPSA) is 30.5 Å². The molecule has 1 saturated heterocycles. The van der Waals surface area contributed by atoms with Gasteiger partial charge in [-0.15, -0.1) is 0 Å². The lowest BCUT2D eigenvalue weighted by Crippen LogP contribution is -2.33. The van der Waals surface area contributed by atoms with Gasteiger partial charge in [0.1, 0.15) is 5.75 Å². The van der Waals surface area contributed by atoms with Crippen molar-refractivity contribution in [3.8, 4) is 5.75 Å². The smallest absolute Gasteiger partial charge is 0.189 e. The molecule has 0 unspecified atom stereocenters. The van der Waals surface area contributed by atoms with Crippen LogP contribution in [-0.2, 0) is 4.74 Å². The molecular weight excluding hydrogens is 190 g/mol. The third kappa shape index (κ3) is 3.53. The van der Waals surface area contributed by atoms with Crippen LogP contribution in [0.15, 0.2) is 30.3 Å². The molecule has 1 aliphatic heterocycles. The molecule has 3 nitrogen and oxygen atoms in total. The lowest BCUT2D eigenvalue weighted by molar-refractivity contribution is -0.0469. The number of para-hydroxylation sites is 1. The van der Waals surface area contributed by atoms with Gasteiger partial charge in [-0.25, -0.2) is 0 Å². The summed E-state index contributed by atoms with van der Waals surface area (Å²) in [5.74, 6) is 0.867. The molecule has 1 aromatic rings. The first-order valence-electron chi connectivity index (χ1n) is 5.45. The van der Waals surface area contributed by atoms with Crippen LogP contribution in [0.25, 0.3) is 0 Å². The van der Waals surface area contributed by atoms with Crippen molar-refractivity contribution in [2.75, 3.05) is 19.9 Å². The van der Waals surface area contributed by atoms with Gasteiger partial charge >= 0.3 is 0 Å². The van der Waals surface area contributed by atoms with E-state index < -0.39 is 0 Å². The van der Waals surface area contributed by atoms with Gasteiger partial charge in [0.05, 0.1) is 6.10 Å². The van der Waals surface area contributed by atoms with Crippen LogP contribution in [0.5, 0.6) is 5.75 Å². The first-order chi connectivity index (χ1) is 7.45. The van der Waals surface area contributed by atoms with Gasteiger partial charge in [-0.1, -0.05) is 18.2 Å². The Hall–Kier alpha value is -1.06. The Labute approximate surface area is 90.4 Å². The van der Waals surface area contributed by atoms with Crippen molar-refractivity contribution in [2.24, 2.45) is 0 Å². The van der Waals surface area contributed by atoms with Crippen LogP contribution >= 0.6 is 0 Å². The molecule has 1 aliphatic rings. The van der Waals surface area contributed by atoms with E-state index in [2.05, 4.69) is 5.32 Å². The molecule has 0 atom stereocenters. The molecule has 1 N–H and O–H groups in total. The Morgan fingerprint density at radius 3 is 2.60 bits per heavy atom. The van der Waals surface area contributed by atoms with Gasteiger partial charge in [0.15, 0.2) is 6.79 Å². The van der Waals surface area contributed by atoms with E-state index in [0.29, 0.717) is 12.9 Å². The minimum Gasteiger partial charge on any atom is -0.468 e. The molecular formula is C12H17NO2. The summed E-state index contributed by atoms with van der Waals surface area (Å²) in [7, 11) is 0. The lowest BCUT2D eigenvalue weighted by Gasteiger charge is -2.22. The molecule has 1 heterocycles. The fourth-order valence-corrected chi connectivity index (χ4v) is 1.68. The van der Waals surface area contributed by atoms with Crippen molar-refractivity contribution in [2.45, 2.75) is 18.9 Å². The van der Waals surface area contributed by atoms with Crippen LogP contribution in [0.2, 0.25) is 0 Å². The summed E-state index contributed by atoms with van der Waals surface area (Å²) in [4.78, 5) is 0. The summed E-state index contributed by atoms with van der Waals surface area (Å²) in [6.07, 6.45) is 2.52. The fourth-order valence-electron chi connectivity index (χ4n) is 1.68. The first-order valence-corrected chi connectivity index (χ1v) is 5.45. The maximum atomic E-state index is 5.62. The molecule has 2 rings (SSSR count). The average molecular weight is 207 g/mol. The Morgan fingerprint density at radius 1 is 1.13 bits per heavy atom. The highest BCUT2D eigenvalue weighted by molar-refractivity contribution is 5.20. The highest BCUT2D eigenvalue weighted by Crippen LogP contribution is 2.11. The predicted octanol–water partition coefficient (Wildman–Crippen LogP) is 1.79. The normalized spacial score (nSPS) is 17.6. The van der Waals surface area contributed by atoms with E-state index in [1.54, 1.807) is 0 Å². The van der Waals surface area contributed by atoms with E-state index in [-0.39, 0.29) is 0 Å². The summed E-state index contributed by atoms with van der Waals surface area (Å²) in [6, 6.07) is 9.76. The molecule has 1 aromatic carbocycles. The van der Waals surface area contributed by atoms with E-state index in [9.17, 15) is 0 Å². The maximum absolute atomic E-state index is 5.62. The Balaban J connectivity index is 1.66. The van der Waals surface area contributed by atoms with Crippen molar-refractivity contribution in [3.63, 3.8) is 0 Å². The van der Waals surface area contributed by atoms with Crippen LogP contribution in [0.3, 0.4) is 0 Å². The summed E-state index contributed by atoms with van der Waals surface area (Å²) < 4.78 is 11.1. The first kappa shape index (κ1) is 10.5. The third-order valence-electron chi connectivity index (χ3n) is 2.56. The van der Waals surface area contributed by atoms with E-state index in [1.165, 1.54) is 0 Å². The number of nitrogens with one attached hydrogen (secondary N) is 1. The minimum absolute atomic E-state index is 0.356. The van der Waals surface area contributed by atoms with Crippen LogP contribution < -0.4 is 10.1 Å². The Bertz CT molecular complexity index is 270. The number of hydrogen-bond donors (Lipinski definition) is 1. The van der Waals surface area contributed by atoms with Crippen molar-refractivity contribution in [1.29, 1.82) is 0 Å². The maximum Gasteiger partial charge on any atom is 0.189 e. The Kier molecular flexibility index (Phi) is 4.00. The van der Waals surface area contributed by atoms with E-state index in [0.717, 1.165) is 31.7 Å².